The normalized spacial score (nSPS) is 26.6. The van der Waals surface area contributed by atoms with Crippen LogP contribution in [0.4, 0.5) is 0 Å². The van der Waals surface area contributed by atoms with Gasteiger partial charge in [-0.05, 0) is 44.5 Å². The van der Waals surface area contributed by atoms with Crippen LogP contribution in [0.2, 0.25) is 0 Å². The predicted molar refractivity (Wildman–Crippen MR) is 76.1 cm³/mol. The topological polar surface area (TPSA) is 72.8 Å². The average molecular weight is 278 g/mol. The SMILES string of the molecule is Cc1ccc(CN(C)C2CCC(=O)NC2(C)O)cc1O. The maximum atomic E-state index is 11.4. The van der Waals surface area contributed by atoms with Crippen LogP contribution in [0.1, 0.15) is 30.9 Å². The van der Waals surface area contributed by atoms with Crippen LogP contribution in [0.15, 0.2) is 18.2 Å². The first-order valence-electron chi connectivity index (χ1n) is 6.82. The molecule has 1 fully saturated rings. The Kier molecular flexibility index (Phi) is 4.01. The van der Waals surface area contributed by atoms with Crippen LogP contribution in [0.25, 0.3) is 0 Å². The lowest BCUT2D eigenvalue weighted by Crippen LogP contribution is -2.62. The summed E-state index contributed by atoms with van der Waals surface area (Å²) in [5, 5.41) is 22.7. The first-order chi connectivity index (χ1) is 9.29. The minimum atomic E-state index is -1.23. The lowest BCUT2D eigenvalue weighted by molar-refractivity contribution is -0.140. The van der Waals surface area contributed by atoms with Crippen molar-refractivity contribution in [2.75, 3.05) is 7.05 Å². The predicted octanol–water partition coefficient (Wildman–Crippen LogP) is 1.12. The van der Waals surface area contributed by atoms with Crippen LogP contribution in [0.3, 0.4) is 0 Å². The van der Waals surface area contributed by atoms with Crippen LogP contribution in [0, 0.1) is 6.92 Å². The molecule has 1 saturated heterocycles. The van der Waals surface area contributed by atoms with Gasteiger partial charge in [-0.3, -0.25) is 9.69 Å². The van der Waals surface area contributed by atoms with Crippen molar-refractivity contribution >= 4 is 5.91 Å². The van der Waals surface area contributed by atoms with Crippen molar-refractivity contribution in [1.29, 1.82) is 0 Å². The van der Waals surface area contributed by atoms with Crippen molar-refractivity contribution in [3.8, 4) is 5.75 Å². The van der Waals surface area contributed by atoms with Crippen LogP contribution in [-0.2, 0) is 11.3 Å². The first-order valence-corrected chi connectivity index (χ1v) is 6.82. The highest BCUT2D eigenvalue weighted by Crippen LogP contribution is 2.25. The van der Waals surface area contributed by atoms with Crippen molar-refractivity contribution in [3.05, 3.63) is 29.3 Å². The van der Waals surface area contributed by atoms with E-state index < -0.39 is 5.72 Å². The highest BCUT2D eigenvalue weighted by molar-refractivity contribution is 5.77. The second-order valence-corrected chi connectivity index (χ2v) is 5.79. The fourth-order valence-corrected chi connectivity index (χ4v) is 2.78. The largest absolute Gasteiger partial charge is 0.508 e. The average Bonchev–Trinajstić information content (AvgIpc) is 2.32. The summed E-state index contributed by atoms with van der Waals surface area (Å²) in [6, 6.07) is 5.42. The lowest BCUT2D eigenvalue weighted by Gasteiger charge is -2.42. The number of likely N-dealkylation sites (N-methyl/N-ethyl adjacent to an activating group) is 1. The van der Waals surface area contributed by atoms with Crippen LogP contribution >= 0.6 is 0 Å². The van der Waals surface area contributed by atoms with E-state index in [9.17, 15) is 15.0 Å². The Morgan fingerprint density at radius 3 is 2.80 bits per heavy atom. The Bertz CT molecular complexity index is 514. The minimum absolute atomic E-state index is 0.118. The van der Waals surface area contributed by atoms with E-state index in [1.165, 1.54) is 0 Å². The Hall–Kier alpha value is -1.59. The van der Waals surface area contributed by atoms with Gasteiger partial charge >= 0.3 is 0 Å². The van der Waals surface area contributed by atoms with Crippen molar-refractivity contribution in [1.82, 2.24) is 10.2 Å². The fourth-order valence-electron chi connectivity index (χ4n) is 2.78. The molecule has 1 aliphatic rings. The zero-order valence-electron chi connectivity index (χ0n) is 12.2. The number of aryl methyl sites for hydroxylation is 1. The molecule has 0 aliphatic carbocycles. The number of amides is 1. The monoisotopic (exact) mass is 278 g/mol. The molecule has 2 unspecified atom stereocenters. The molecule has 5 nitrogen and oxygen atoms in total. The second-order valence-electron chi connectivity index (χ2n) is 5.79. The number of carbonyl (C=O) groups is 1. The molecule has 0 aromatic heterocycles. The Labute approximate surface area is 119 Å². The molecular weight excluding hydrogens is 256 g/mol. The van der Waals surface area contributed by atoms with Gasteiger partial charge < -0.3 is 15.5 Å². The molecule has 5 heteroatoms. The van der Waals surface area contributed by atoms with E-state index in [2.05, 4.69) is 5.32 Å². The second kappa shape index (κ2) is 5.42. The van der Waals surface area contributed by atoms with Crippen molar-refractivity contribution in [2.45, 2.75) is 45.0 Å². The summed E-state index contributed by atoms with van der Waals surface area (Å²) in [5.41, 5.74) is 0.591. The lowest BCUT2D eigenvalue weighted by atomic mass is 9.94. The van der Waals surface area contributed by atoms with Gasteiger partial charge in [-0.2, -0.15) is 0 Å². The van der Waals surface area contributed by atoms with E-state index in [4.69, 9.17) is 0 Å². The third kappa shape index (κ3) is 3.11. The smallest absolute Gasteiger partial charge is 0.222 e. The molecule has 0 saturated carbocycles. The molecule has 1 heterocycles. The third-order valence-corrected chi connectivity index (χ3v) is 3.92. The number of aliphatic hydroxyl groups is 1. The van der Waals surface area contributed by atoms with Crippen LogP contribution in [0.5, 0.6) is 5.75 Å². The summed E-state index contributed by atoms with van der Waals surface area (Å²) in [6.45, 7) is 4.08. The van der Waals surface area contributed by atoms with Gasteiger partial charge in [-0.15, -0.1) is 0 Å². The van der Waals surface area contributed by atoms with Crippen LogP contribution in [-0.4, -0.2) is 39.8 Å². The van der Waals surface area contributed by atoms with Crippen molar-refractivity contribution in [2.24, 2.45) is 0 Å². The maximum Gasteiger partial charge on any atom is 0.222 e. The molecule has 110 valence electrons. The molecular formula is C15H22N2O3. The summed E-state index contributed by atoms with van der Waals surface area (Å²) < 4.78 is 0. The van der Waals surface area contributed by atoms with Crippen molar-refractivity contribution in [3.63, 3.8) is 0 Å². The minimum Gasteiger partial charge on any atom is -0.508 e. The molecule has 0 spiro atoms. The summed E-state index contributed by atoms with van der Waals surface area (Å²) in [7, 11) is 1.91. The molecule has 20 heavy (non-hydrogen) atoms. The molecule has 3 N–H and O–H groups in total. The van der Waals surface area contributed by atoms with Gasteiger partial charge in [0.25, 0.3) is 0 Å². The van der Waals surface area contributed by atoms with E-state index in [-0.39, 0.29) is 17.7 Å². The number of nitrogens with zero attached hydrogens (tertiary/aromatic N) is 1. The molecule has 2 rings (SSSR count). The number of hydrogen-bond acceptors (Lipinski definition) is 4. The van der Waals surface area contributed by atoms with Crippen molar-refractivity contribution < 1.29 is 15.0 Å². The standard InChI is InChI=1S/C15H22N2O3/c1-10-4-5-11(8-12(10)18)9-17(3)13-6-7-14(19)16-15(13,2)20/h4-5,8,13,18,20H,6-7,9H2,1-3H3,(H,16,19). The number of aromatic hydroxyl groups is 1. The van der Waals surface area contributed by atoms with Gasteiger partial charge in [-0.1, -0.05) is 12.1 Å². The number of hydrogen-bond donors (Lipinski definition) is 3. The van der Waals surface area contributed by atoms with E-state index in [1.54, 1.807) is 13.0 Å². The third-order valence-electron chi connectivity index (χ3n) is 3.92. The van der Waals surface area contributed by atoms with Gasteiger partial charge in [0.1, 0.15) is 11.5 Å². The van der Waals surface area contributed by atoms with Gasteiger partial charge in [0.15, 0.2) is 0 Å². The fraction of sp³-hybridized carbons (Fsp3) is 0.533. The van der Waals surface area contributed by atoms with Gasteiger partial charge in [0, 0.05) is 13.0 Å². The number of rotatable bonds is 3. The number of benzene rings is 1. The Morgan fingerprint density at radius 2 is 2.20 bits per heavy atom. The zero-order chi connectivity index (χ0) is 14.9. The molecule has 0 radical (unpaired) electrons. The van der Waals surface area contributed by atoms with Gasteiger partial charge in [0.05, 0.1) is 6.04 Å². The number of carbonyl (C=O) groups excluding carboxylic acids is 1. The molecule has 1 aliphatic heterocycles. The highest BCUT2D eigenvalue weighted by atomic mass is 16.3. The quantitative estimate of drug-likeness (QED) is 0.774. The summed E-state index contributed by atoms with van der Waals surface area (Å²) >= 11 is 0. The summed E-state index contributed by atoms with van der Waals surface area (Å²) in [6.07, 6.45) is 1.04. The number of piperidine rings is 1. The number of phenolic OH excluding ortho intramolecular Hbond substituents is 1. The van der Waals surface area contributed by atoms with E-state index in [0.29, 0.717) is 19.4 Å². The summed E-state index contributed by atoms with van der Waals surface area (Å²) in [5.74, 6) is 0.159. The van der Waals surface area contributed by atoms with E-state index in [0.717, 1.165) is 11.1 Å². The number of phenols is 1. The molecule has 1 aromatic rings. The first kappa shape index (κ1) is 14.8. The Morgan fingerprint density at radius 1 is 1.50 bits per heavy atom. The molecule has 0 bridgehead atoms. The molecule has 1 amide bonds. The van der Waals surface area contributed by atoms with E-state index in [1.807, 2.05) is 31.0 Å². The maximum absolute atomic E-state index is 11.4. The molecule has 2 atom stereocenters. The van der Waals surface area contributed by atoms with E-state index >= 15 is 0 Å². The molecule has 1 aromatic carbocycles. The number of nitrogens with one attached hydrogen (secondary N) is 1. The zero-order valence-corrected chi connectivity index (χ0v) is 12.2. The van der Waals surface area contributed by atoms with Gasteiger partial charge in [-0.25, -0.2) is 0 Å². The summed E-state index contributed by atoms with van der Waals surface area (Å²) in [4.78, 5) is 13.4. The van der Waals surface area contributed by atoms with Gasteiger partial charge in [0.2, 0.25) is 5.91 Å². The highest BCUT2D eigenvalue weighted by Gasteiger charge is 2.39. The van der Waals surface area contributed by atoms with Crippen LogP contribution < -0.4 is 5.32 Å². The Balaban J connectivity index is 2.09.